The smallest absolute Gasteiger partial charge is 0.143 e. The zero-order valence-corrected chi connectivity index (χ0v) is 12.0. The molecule has 0 saturated heterocycles. The monoisotopic (exact) mass is 294 g/mol. The molecular formula is C13H15ClN4S. The highest BCUT2D eigenvalue weighted by molar-refractivity contribution is 7.98. The number of anilines is 1. The Hall–Kier alpha value is -1.20. The van der Waals surface area contributed by atoms with Gasteiger partial charge in [0.25, 0.3) is 0 Å². The average Bonchev–Trinajstić information content (AvgIpc) is 2.83. The van der Waals surface area contributed by atoms with E-state index in [1.54, 1.807) is 17.8 Å². The molecule has 0 aliphatic carbocycles. The first-order chi connectivity index (χ1) is 9.24. The van der Waals surface area contributed by atoms with Crippen molar-refractivity contribution in [1.82, 2.24) is 14.8 Å². The summed E-state index contributed by atoms with van der Waals surface area (Å²) >= 11 is 7.65. The first-order valence-corrected chi connectivity index (χ1v) is 7.69. The molecule has 0 amide bonds. The van der Waals surface area contributed by atoms with Crippen molar-refractivity contribution in [2.75, 3.05) is 5.73 Å². The van der Waals surface area contributed by atoms with Crippen LogP contribution in [0.5, 0.6) is 0 Å². The van der Waals surface area contributed by atoms with E-state index in [1.165, 1.54) is 12.8 Å². The van der Waals surface area contributed by atoms with Gasteiger partial charge in [-0.25, -0.2) is 0 Å². The van der Waals surface area contributed by atoms with Crippen molar-refractivity contribution in [3.8, 4) is 0 Å². The molecule has 1 aliphatic rings. The number of nitrogen functional groups attached to an aromatic ring is 1. The third-order valence-corrected chi connectivity index (χ3v) is 4.57. The molecule has 100 valence electrons. The lowest BCUT2D eigenvalue weighted by atomic mass is 10.2. The molecule has 2 heterocycles. The number of benzene rings is 1. The first-order valence-electron chi connectivity index (χ1n) is 6.33. The first kappa shape index (κ1) is 12.8. The summed E-state index contributed by atoms with van der Waals surface area (Å²) in [6.07, 6.45) is 3.46. The van der Waals surface area contributed by atoms with Crippen LogP contribution in [0.25, 0.3) is 0 Å². The van der Waals surface area contributed by atoms with Gasteiger partial charge >= 0.3 is 0 Å². The zero-order valence-electron chi connectivity index (χ0n) is 10.5. The van der Waals surface area contributed by atoms with Crippen LogP contribution in [0.15, 0.2) is 23.1 Å². The Bertz CT molecular complexity index is 596. The van der Waals surface area contributed by atoms with E-state index < -0.39 is 0 Å². The molecule has 1 aromatic heterocycles. The summed E-state index contributed by atoms with van der Waals surface area (Å²) in [5.41, 5.74) is 6.70. The number of fused-ring (bicyclic) bond motifs is 1. The van der Waals surface area contributed by atoms with Gasteiger partial charge in [-0.3, -0.25) is 0 Å². The fourth-order valence-corrected chi connectivity index (χ4v) is 3.43. The molecule has 6 heteroatoms. The molecule has 2 aromatic rings. The van der Waals surface area contributed by atoms with Crippen LogP contribution in [0.3, 0.4) is 0 Å². The van der Waals surface area contributed by atoms with Gasteiger partial charge in [0.1, 0.15) is 11.6 Å². The summed E-state index contributed by atoms with van der Waals surface area (Å²) in [6.45, 7) is 1.03. The number of nitrogens with zero attached hydrogens (tertiary/aromatic N) is 3. The quantitative estimate of drug-likeness (QED) is 0.698. The van der Waals surface area contributed by atoms with Crippen molar-refractivity contribution >= 4 is 29.1 Å². The standard InChI is InChI=1S/C13H15ClN4S/c14-9-4-5-10(15)11(7-9)19-8-13-17-16-12-3-1-2-6-18(12)13/h4-5,7H,1-3,6,8,15H2. The van der Waals surface area contributed by atoms with Crippen molar-refractivity contribution in [3.63, 3.8) is 0 Å². The Morgan fingerprint density at radius 3 is 3.11 bits per heavy atom. The second kappa shape index (κ2) is 5.43. The number of hydrogen-bond donors (Lipinski definition) is 1. The molecule has 0 radical (unpaired) electrons. The van der Waals surface area contributed by atoms with Gasteiger partial charge in [-0.1, -0.05) is 11.6 Å². The molecule has 0 atom stereocenters. The van der Waals surface area contributed by atoms with E-state index in [4.69, 9.17) is 17.3 Å². The lowest BCUT2D eigenvalue weighted by molar-refractivity contribution is 0.513. The highest BCUT2D eigenvalue weighted by atomic mass is 35.5. The third kappa shape index (κ3) is 2.72. The van der Waals surface area contributed by atoms with Crippen LogP contribution in [0, 0.1) is 0 Å². The van der Waals surface area contributed by atoms with Gasteiger partial charge in [0.2, 0.25) is 0 Å². The molecule has 0 saturated carbocycles. The predicted molar refractivity (Wildman–Crippen MR) is 78.4 cm³/mol. The number of aryl methyl sites for hydroxylation is 1. The second-order valence-corrected chi connectivity index (χ2v) is 6.07. The van der Waals surface area contributed by atoms with Crippen LogP contribution in [0.4, 0.5) is 5.69 Å². The number of hydrogen-bond acceptors (Lipinski definition) is 4. The second-order valence-electron chi connectivity index (χ2n) is 4.61. The van der Waals surface area contributed by atoms with E-state index in [9.17, 15) is 0 Å². The number of aromatic nitrogens is 3. The number of halogens is 1. The van der Waals surface area contributed by atoms with Gasteiger partial charge in [0.05, 0.1) is 5.75 Å². The van der Waals surface area contributed by atoms with E-state index in [0.29, 0.717) is 5.02 Å². The molecule has 0 bridgehead atoms. The van der Waals surface area contributed by atoms with E-state index in [2.05, 4.69) is 14.8 Å². The van der Waals surface area contributed by atoms with Crippen molar-refractivity contribution in [3.05, 3.63) is 34.9 Å². The molecule has 3 rings (SSSR count). The minimum Gasteiger partial charge on any atom is -0.398 e. The molecule has 0 spiro atoms. The minimum atomic E-state index is 0.708. The van der Waals surface area contributed by atoms with Crippen LogP contribution in [0.2, 0.25) is 5.02 Å². The van der Waals surface area contributed by atoms with Crippen molar-refractivity contribution < 1.29 is 0 Å². The van der Waals surface area contributed by atoms with E-state index in [0.717, 1.165) is 41.0 Å². The molecule has 2 N–H and O–H groups in total. The van der Waals surface area contributed by atoms with Crippen molar-refractivity contribution in [2.24, 2.45) is 0 Å². The third-order valence-electron chi connectivity index (χ3n) is 3.27. The average molecular weight is 295 g/mol. The summed E-state index contributed by atoms with van der Waals surface area (Å²) in [4.78, 5) is 1.00. The molecule has 0 fully saturated rings. The lowest BCUT2D eigenvalue weighted by Gasteiger charge is -2.14. The van der Waals surface area contributed by atoms with Crippen molar-refractivity contribution in [1.29, 1.82) is 0 Å². The Morgan fingerprint density at radius 1 is 1.32 bits per heavy atom. The highest BCUT2D eigenvalue weighted by Gasteiger charge is 2.15. The zero-order chi connectivity index (χ0) is 13.2. The van der Waals surface area contributed by atoms with Crippen LogP contribution in [0.1, 0.15) is 24.5 Å². The largest absolute Gasteiger partial charge is 0.398 e. The van der Waals surface area contributed by atoms with E-state index in [-0.39, 0.29) is 0 Å². The Labute approximate surface area is 121 Å². The topological polar surface area (TPSA) is 56.7 Å². The summed E-state index contributed by atoms with van der Waals surface area (Å²) in [6, 6.07) is 5.54. The molecular weight excluding hydrogens is 280 g/mol. The van der Waals surface area contributed by atoms with Gasteiger partial charge in [-0.05, 0) is 31.0 Å². The van der Waals surface area contributed by atoms with E-state index in [1.807, 2.05) is 12.1 Å². The van der Waals surface area contributed by atoms with Crippen molar-refractivity contribution in [2.45, 2.75) is 36.5 Å². The predicted octanol–water partition coefficient (Wildman–Crippen LogP) is 3.14. The lowest BCUT2D eigenvalue weighted by Crippen LogP contribution is -2.12. The highest BCUT2D eigenvalue weighted by Crippen LogP contribution is 2.30. The molecule has 4 nitrogen and oxygen atoms in total. The van der Waals surface area contributed by atoms with Gasteiger partial charge in [-0.2, -0.15) is 0 Å². The molecule has 0 unspecified atom stereocenters. The fraction of sp³-hybridized carbons (Fsp3) is 0.385. The Kier molecular flexibility index (Phi) is 3.66. The fourth-order valence-electron chi connectivity index (χ4n) is 2.25. The maximum Gasteiger partial charge on any atom is 0.143 e. The maximum atomic E-state index is 5.99. The summed E-state index contributed by atoms with van der Waals surface area (Å²) < 4.78 is 2.23. The van der Waals surface area contributed by atoms with E-state index >= 15 is 0 Å². The van der Waals surface area contributed by atoms with Gasteiger partial charge < -0.3 is 10.3 Å². The normalized spacial score (nSPS) is 14.4. The van der Waals surface area contributed by atoms with Gasteiger partial charge in [0, 0.05) is 28.6 Å². The summed E-state index contributed by atoms with van der Waals surface area (Å²) in [5.74, 6) is 2.91. The molecule has 1 aliphatic heterocycles. The Morgan fingerprint density at radius 2 is 2.21 bits per heavy atom. The summed E-state index contributed by atoms with van der Waals surface area (Å²) in [5, 5.41) is 9.24. The van der Waals surface area contributed by atoms with Crippen LogP contribution < -0.4 is 5.73 Å². The minimum absolute atomic E-state index is 0.708. The molecule has 1 aromatic carbocycles. The maximum absolute atomic E-state index is 5.99. The van der Waals surface area contributed by atoms with Gasteiger partial charge in [0.15, 0.2) is 0 Å². The Balaban J connectivity index is 1.75. The number of nitrogens with two attached hydrogens (primary N) is 1. The SMILES string of the molecule is Nc1ccc(Cl)cc1SCc1nnc2n1CCCC2. The number of thioether (sulfide) groups is 1. The van der Waals surface area contributed by atoms with Gasteiger partial charge in [-0.15, -0.1) is 22.0 Å². The van der Waals surface area contributed by atoms with Crippen LogP contribution in [-0.4, -0.2) is 14.8 Å². The summed E-state index contributed by atoms with van der Waals surface area (Å²) in [7, 11) is 0. The molecule has 19 heavy (non-hydrogen) atoms. The van der Waals surface area contributed by atoms with Crippen LogP contribution >= 0.6 is 23.4 Å². The number of rotatable bonds is 3. The van der Waals surface area contributed by atoms with Crippen LogP contribution in [-0.2, 0) is 18.7 Å².